The topological polar surface area (TPSA) is 47.8 Å². The molecule has 0 aromatic carbocycles. The van der Waals surface area contributed by atoms with E-state index in [-0.39, 0.29) is 5.69 Å². The smallest absolute Gasteiger partial charge is 0.304 e. The zero-order valence-corrected chi connectivity index (χ0v) is 7.09. The summed E-state index contributed by atoms with van der Waals surface area (Å²) in [5.41, 5.74) is 0.183. The van der Waals surface area contributed by atoms with E-state index in [0.29, 0.717) is 5.69 Å². The van der Waals surface area contributed by atoms with E-state index in [9.17, 15) is 9.18 Å². The highest BCUT2D eigenvalue weighted by Crippen LogP contribution is 2.12. The zero-order valence-electron chi connectivity index (χ0n) is 7.09. The summed E-state index contributed by atoms with van der Waals surface area (Å²) in [5, 5.41) is 0. The van der Waals surface area contributed by atoms with Crippen molar-refractivity contribution < 1.29 is 9.18 Å². The number of hydrogen-bond donors (Lipinski definition) is 0. The third-order valence-corrected chi connectivity index (χ3v) is 1.76. The molecule has 0 saturated carbocycles. The molecular formula is C9H6FN3O. The van der Waals surface area contributed by atoms with Crippen molar-refractivity contribution in [1.29, 1.82) is 0 Å². The third kappa shape index (κ3) is 1.39. The van der Waals surface area contributed by atoms with Crippen LogP contribution < -0.4 is 0 Å². The average Bonchev–Trinajstić information content (AvgIpc) is 2.70. The van der Waals surface area contributed by atoms with E-state index >= 15 is 0 Å². The molecule has 0 spiro atoms. The minimum atomic E-state index is -1.55. The van der Waals surface area contributed by atoms with Crippen molar-refractivity contribution in [3.05, 3.63) is 42.7 Å². The highest BCUT2D eigenvalue weighted by Gasteiger charge is 2.12. The van der Waals surface area contributed by atoms with E-state index < -0.39 is 6.04 Å². The first-order valence-corrected chi connectivity index (χ1v) is 3.92. The average molecular weight is 191 g/mol. The van der Waals surface area contributed by atoms with Gasteiger partial charge in [-0.15, -0.1) is 0 Å². The molecule has 70 valence electrons. The van der Waals surface area contributed by atoms with Crippen LogP contribution in [0.15, 0.2) is 37.1 Å². The molecule has 0 aliphatic carbocycles. The van der Waals surface area contributed by atoms with Gasteiger partial charge in [-0.25, -0.2) is 9.97 Å². The second-order valence-corrected chi connectivity index (χ2v) is 2.61. The Morgan fingerprint density at radius 2 is 2.29 bits per heavy atom. The van der Waals surface area contributed by atoms with Gasteiger partial charge in [-0.3, -0.25) is 4.79 Å². The number of imidazole rings is 1. The van der Waals surface area contributed by atoms with Crippen LogP contribution in [0.5, 0.6) is 0 Å². The number of carbonyl (C=O) groups excluding carboxylic acids is 1. The van der Waals surface area contributed by atoms with Gasteiger partial charge in [-0.1, -0.05) is 0 Å². The van der Waals surface area contributed by atoms with Crippen molar-refractivity contribution in [2.45, 2.75) is 0 Å². The summed E-state index contributed by atoms with van der Waals surface area (Å²) in [6, 6.07) is 1.68. The fourth-order valence-electron chi connectivity index (χ4n) is 1.16. The molecule has 0 fully saturated rings. The Morgan fingerprint density at radius 1 is 1.43 bits per heavy atom. The first-order valence-electron chi connectivity index (χ1n) is 3.92. The van der Waals surface area contributed by atoms with Crippen LogP contribution in [0.1, 0.15) is 10.5 Å². The van der Waals surface area contributed by atoms with Crippen molar-refractivity contribution in [2.24, 2.45) is 0 Å². The first-order chi connectivity index (χ1) is 6.79. The van der Waals surface area contributed by atoms with Crippen molar-refractivity contribution in [1.82, 2.24) is 14.5 Å². The molecule has 2 rings (SSSR count). The van der Waals surface area contributed by atoms with Crippen LogP contribution in [0, 0.1) is 0 Å². The number of pyridine rings is 1. The molecule has 2 heterocycles. The summed E-state index contributed by atoms with van der Waals surface area (Å²) in [5.74, 6) is 0. The SMILES string of the molecule is O=C(F)c1ncccc1-n1ccnc1. The molecule has 0 aliphatic heterocycles. The summed E-state index contributed by atoms with van der Waals surface area (Å²) >= 11 is 0. The van der Waals surface area contributed by atoms with Crippen LogP contribution in [0.4, 0.5) is 4.39 Å². The molecule has 2 aromatic heterocycles. The Hall–Kier alpha value is -2.04. The number of hydrogen-bond acceptors (Lipinski definition) is 3. The monoisotopic (exact) mass is 191 g/mol. The molecule has 0 bridgehead atoms. The molecule has 2 aromatic rings. The predicted molar refractivity (Wildman–Crippen MR) is 46.8 cm³/mol. The van der Waals surface area contributed by atoms with Crippen LogP contribution in [0.2, 0.25) is 0 Å². The molecule has 0 saturated heterocycles. The molecule has 0 amide bonds. The van der Waals surface area contributed by atoms with E-state index in [1.54, 1.807) is 24.5 Å². The molecule has 4 nitrogen and oxygen atoms in total. The maximum atomic E-state index is 12.6. The third-order valence-electron chi connectivity index (χ3n) is 1.76. The van der Waals surface area contributed by atoms with Crippen molar-refractivity contribution in [2.75, 3.05) is 0 Å². The van der Waals surface area contributed by atoms with Gasteiger partial charge in [0.05, 0.1) is 12.0 Å². The molecular weight excluding hydrogens is 185 g/mol. The summed E-state index contributed by atoms with van der Waals surface area (Å²) < 4.78 is 14.1. The van der Waals surface area contributed by atoms with E-state index in [1.165, 1.54) is 17.1 Å². The predicted octanol–water partition coefficient (Wildman–Crippen LogP) is 1.38. The summed E-state index contributed by atoms with van der Waals surface area (Å²) in [7, 11) is 0. The molecule has 0 atom stereocenters. The van der Waals surface area contributed by atoms with Gasteiger partial charge in [-0.2, -0.15) is 4.39 Å². The zero-order chi connectivity index (χ0) is 9.97. The first kappa shape index (κ1) is 8.55. The van der Waals surface area contributed by atoms with Gasteiger partial charge in [-0.05, 0) is 12.1 Å². The number of carbonyl (C=O) groups is 1. The van der Waals surface area contributed by atoms with Crippen LogP contribution in [0.3, 0.4) is 0 Å². The fraction of sp³-hybridized carbons (Fsp3) is 0. The van der Waals surface area contributed by atoms with Crippen molar-refractivity contribution in [3.63, 3.8) is 0 Å². The molecule has 0 N–H and O–H groups in total. The van der Waals surface area contributed by atoms with Gasteiger partial charge in [0.2, 0.25) is 0 Å². The van der Waals surface area contributed by atoms with Gasteiger partial charge in [0.25, 0.3) is 0 Å². The molecule has 0 unspecified atom stereocenters. The highest BCUT2D eigenvalue weighted by atomic mass is 19.1. The van der Waals surface area contributed by atoms with Crippen molar-refractivity contribution >= 4 is 6.04 Å². The van der Waals surface area contributed by atoms with E-state index in [1.807, 2.05) is 0 Å². The Labute approximate surface area is 79.0 Å². The number of halogens is 1. The Balaban J connectivity index is 2.58. The maximum absolute atomic E-state index is 12.6. The number of nitrogens with zero attached hydrogens (tertiary/aromatic N) is 3. The largest absolute Gasteiger partial charge is 0.352 e. The number of aromatic nitrogens is 3. The van der Waals surface area contributed by atoms with Gasteiger partial charge in [0, 0.05) is 18.6 Å². The van der Waals surface area contributed by atoms with Crippen molar-refractivity contribution in [3.8, 4) is 5.69 Å². The standard InChI is InChI=1S/C9H6FN3O/c10-9(14)8-7(2-1-3-12-8)13-5-4-11-6-13/h1-6H. The highest BCUT2D eigenvalue weighted by molar-refractivity contribution is 5.90. The van der Waals surface area contributed by atoms with E-state index in [0.717, 1.165) is 0 Å². The molecule has 5 heteroatoms. The van der Waals surface area contributed by atoms with Crippen LogP contribution >= 0.6 is 0 Å². The van der Waals surface area contributed by atoms with Gasteiger partial charge in [0.15, 0.2) is 5.69 Å². The molecule has 0 radical (unpaired) electrons. The summed E-state index contributed by atoms with van der Waals surface area (Å²) in [6.07, 6.45) is 6.00. The Kier molecular flexibility index (Phi) is 2.06. The second-order valence-electron chi connectivity index (χ2n) is 2.61. The van der Waals surface area contributed by atoms with E-state index in [4.69, 9.17) is 0 Å². The van der Waals surface area contributed by atoms with Gasteiger partial charge in [0.1, 0.15) is 0 Å². The summed E-state index contributed by atoms with van der Waals surface area (Å²) in [6.45, 7) is 0. The normalized spacial score (nSPS) is 10.1. The lowest BCUT2D eigenvalue weighted by atomic mass is 10.3. The quantitative estimate of drug-likeness (QED) is 0.673. The fourth-order valence-corrected chi connectivity index (χ4v) is 1.16. The van der Waals surface area contributed by atoms with Gasteiger partial charge >= 0.3 is 6.04 Å². The Morgan fingerprint density at radius 3 is 2.93 bits per heavy atom. The van der Waals surface area contributed by atoms with Crippen LogP contribution in [0.25, 0.3) is 5.69 Å². The van der Waals surface area contributed by atoms with E-state index in [2.05, 4.69) is 9.97 Å². The minimum Gasteiger partial charge on any atom is -0.304 e. The number of rotatable bonds is 2. The van der Waals surface area contributed by atoms with Crippen LogP contribution in [-0.2, 0) is 0 Å². The Bertz CT molecular complexity index is 453. The van der Waals surface area contributed by atoms with Gasteiger partial charge < -0.3 is 4.57 Å². The lowest BCUT2D eigenvalue weighted by Crippen LogP contribution is -2.03. The molecule has 14 heavy (non-hydrogen) atoms. The lowest BCUT2D eigenvalue weighted by molar-refractivity contribution is 0.0830. The summed E-state index contributed by atoms with van der Waals surface area (Å²) in [4.78, 5) is 18.1. The second kappa shape index (κ2) is 3.37. The van der Waals surface area contributed by atoms with Crippen LogP contribution in [-0.4, -0.2) is 20.6 Å². The molecule has 0 aliphatic rings. The minimum absolute atomic E-state index is 0.203. The maximum Gasteiger partial charge on any atom is 0.352 e. The lowest BCUT2D eigenvalue weighted by Gasteiger charge is -2.03.